The summed E-state index contributed by atoms with van der Waals surface area (Å²) in [7, 11) is 0. The van der Waals surface area contributed by atoms with Crippen molar-refractivity contribution in [3.8, 4) is 0 Å². The maximum Gasteiger partial charge on any atom is 0.416 e. The first-order valence-corrected chi connectivity index (χ1v) is 7.19. The molecule has 1 rings (SSSR count). The van der Waals surface area contributed by atoms with Crippen LogP contribution < -0.4 is 0 Å². The van der Waals surface area contributed by atoms with E-state index >= 15 is 0 Å². The number of esters is 1. The zero-order valence-corrected chi connectivity index (χ0v) is 13.9. The van der Waals surface area contributed by atoms with Gasteiger partial charge in [0, 0.05) is 10.7 Å². The number of ether oxygens (including phenoxy) is 1. The van der Waals surface area contributed by atoms with Crippen molar-refractivity contribution in [2.45, 2.75) is 50.2 Å². The molecule has 118 valence electrons. The predicted molar refractivity (Wildman–Crippen MR) is 78.6 cm³/mol. The summed E-state index contributed by atoms with van der Waals surface area (Å²) in [5, 5.41) is 0. The van der Waals surface area contributed by atoms with Gasteiger partial charge in [0.2, 0.25) is 0 Å². The third-order valence-electron chi connectivity index (χ3n) is 2.66. The van der Waals surface area contributed by atoms with Crippen LogP contribution in [0.2, 0.25) is 0 Å². The summed E-state index contributed by atoms with van der Waals surface area (Å²) in [4.78, 5) is 12.0. The molecule has 0 aliphatic rings. The zero-order chi connectivity index (χ0) is 16.5. The summed E-state index contributed by atoms with van der Waals surface area (Å²) in [6, 6.07) is 4.00. The summed E-state index contributed by atoms with van der Waals surface area (Å²) in [5.41, 5.74) is -1.42. The lowest BCUT2D eigenvalue weighted by Crippen LogP contribution is -2.34. The third-order valence-corrected chi connectivity index (χ3v) is 2.94. The minimum atomic E-state index is -4.41. The Morgan fingerprint density at radius 1 is 1.10 bits per heavy atom. The summed E-state index contributed by atoms with van der Waals surface area (Å²) >= 11 is 3.48. The average Bonchev–Trinajstić information content (AvgIpc) is 2.23. The smallest absolute Gasteiger partial charge is 0.416 e. The molecule has 0 radical (unpaired) electrons. The Kier molecular flexibility index (Phi) is 5.13. The second-order valence-electron chi connectivity index (χ2n) is 6.12. The summed E-state index contributed by atoms with van der Waals surface area (Å²) < 4.78 is 42.5. The number of carbonyl (C=O) groups is 1. The number of benzene rings is 1. The molecule has 0 saturated carbocycles. The Labute approximate surface area is 130 Å². The number of hydrogen-bond donors (Lipinski definition) is 0. The molecule has 6 heteroatoms. The first-order valence-electron chi connectivity index (χ1n) is 6.40. The molecule has 0 unspecified atom stereocenters. The third kappa shape index (κ3) is 6.08. The van der Waals surface area contributed by atoms with Crippen LogP contribution in [0.4, 0.5) is 13.2 Å². The van der Waals surface area contributed by atoms with Gasteiger partial charge in [0.1, 0.15) is 5.60 Å². The Bertz CT molecular complexity index is 499. The van der Waals surface area contributed by atoms with E-state index in [-0.39, 0.29) is 9.89 Å². The van der Waals surface area contributed by atoms with Crippen molar-refractivity contribution in [2.24, 2.45) is 0 Å². The largest absolute Gasteiger partial charge is 0.456 e. The fourth-order valence-electron chi connectivity index (χ4n) is 2.15. The van der Waals surface area contributed by atoms with Crippen LogP contribution in [-0.2, 0) is 10.9 Å². The highest BCUT2D eigenvalue weighted by Gasteiger charge is 2.32. The Morgan fingerprint density at radius 3 is 1.95 bits per heavy atom. The SMILES string of the molecule is CC(C)(Br)CC(C)(C)OC(=O)c1ccc(C(F)(F)F)cc1. The highest BCUT2D eigenvalue weighted by atomic mass is 79.9. The molecule has 0 aliphatic carbocycles. The minimum Gasteiger partial charge on any atom is -0.456 e. The van der Waals surface area contributed by atoms with Crippen molar-refractivity contribution in [1.82, 2.24) is 0 Å². The molecule has 0 heterocycles. The molecule has 0 aromatic heterocycles. The van der Waals surface area contributed by atoms with Crippen LogP contribution in [0.5, 0.6) is 0 Å². The monoisotopic (exact) mass is 366 g/mol. The molecule has 0 aliphatic heterocycles. The van der Waals surface area contributed by atoms with E-state index in [0.717, 1.165) is 24.3 Å². The number of carbonyl (C=O) groups excluding carboxylic acids is 1. The highest BCUT2D eigenvalue weighted by Crippen LogP contribution is 2.31. The summed E-state index contributed by atoms with van der Waals surface area (Å²) in [6.07, 6.45) is -3.85. The van der Waals surface area contributed by atoms with Gasteiger partial charge in [-0.05, 0) is 52.0 Å². The van der Waals surface area contributed by atoms with Crippen molar-refractivity contribution >= 4 is 21.9 Å². The molecule has 0 N–H and O–H groups in total. The molecule has 2 nitrogen and oxygen atoms in total. The van der Waals surface area contributed by atoms with Crippen LogP contribution in [-0.4, -0.2) is 15.9 Å². The maximum atomic E-state index is 12.5. The van der Waals surface area contributed by atoms with E-state index in [4.69, 9.17) is 4.74 Å². The van der Waals surface area contributed by atoms with Gasteiger partial charge < -0.3 is 4.74 Å². The average molecular weight is 367 g/mol. The topological polar surface area (TPSA) is 26.3 Å². The normalized spacial score (nSPS) is 13.1. The lowest BCUT2D eigenvalue weighted by atomic mass is 9.96. The van der Waals surface area contributed by atoms with Crippen LogP contribution in [0, 0.1) is 0 Å². The predicted octanol–water partition coefficient (Wildman–Crippen LogP) is 5.20. The van der Waals surface area contributed by atoms with Gasteiger partial charge in [0.15, 0.2) is 0 Å². The zero-order valence-electron chi connectivity index (χ0n) is 12.3. The van der Waals surface area contributed by atoms with Gasteiger partial charge in [-0.2, -0.15) is 13.2 Å². The fraction of sp³-hybridized carbons (Fsp3) is 0.533. The van der Waals surface area contributed by atoms with Gasteiger partial charge in [-0.25, -0.2) is 4.79 Å². The van der Waals surface area contributed by atoms with Crippen LogP contribution in [0.1, 0.15) is 50.0 Å². The quantitative estimate of drug-likeness (QED) is 0.540. The Hall–Kier alpha value is -1.04. The van der Waals surface area contributed by atoms with E-state index in [1.54, 1.807) is 13.8 Å². The second-order valence-corrected chi connectivity index (χ2v) is 8.27. The van der Waals surface area contributed by atoms with Crippen LogP contribution >= 0.6 is 15.9 Å². The molecule has 0 amide bonds. The van der Waals surface area contributed by atoms with Crippen molar-refractivity contribution in [1.29, 1.82) is 0 Å². The first kappa shape index (κ1) is 18.0. The molecule has 1 aromatic rings. The van der Waals surface area contributed by atoms with Crippen molar-refractivity contribution in [2.75, 3.05) is 0 Å². The van der Waals surface area contributed by atoms with Crippen molar-refractivity contribution < 1.29 is 22.7 Å². The van der Waals surface area contributed by atoms with Gasteiger partial charge in [0.05, 0.1) is 11.1 Å². The first-order chi connectivity index (χ1) is 9.30. The molecular formula is C15H18BrF3O2. The standard InChI is InChI=1S/C15H18BrF3O2/c1-13(2,16)9-14(3,4)21-12(20)10-5-7-11(8-6-10)15(17,18)19/h5-8H,9H2,1-4H3. The molecule has 0 saturated heterocycles. The number of alkyl halides is 4. The Balaban J connectivity index is 2.81. The van der Waals surface area contributed by atoms with Gasteiger partial charge in [0.25, 0.3) is 0 Å². The van der Waals surface area contributed by atoms with Gasteiger partial charge >= 0.3 is 12.1 Å². The second kappa shape index (κ2) is 5.99. The van der Waals surface area contributed by atoms with E-state index in [1.165, 1.54) is 0 Å². The van der Waals surface area contributed by atoms with E-state index in [1.807, 2.05) is 13.8 Å². The van der Waals surface area contributed by atoms with Gasteiger partial charge in [-0.15, -0.1) is 0 Å². The highest BCUT2D eigenvalue weighted by molar-refractivity contribution is 9.10. The summed E-state index contributed by atoms with van der Waals surface area (Å²) in [6.45, 7) is 7.41. The fourth-order valence-corrected chi connectivity index (χ4v) is 2.83. The maximum absolute atomic E-state index is 12.5. The van der Waals surface area contributed by atoms with Crippen LogP contribution in [0.25, 0.3) is 0 Å². The molecule has 1 aromatic carbocycles. The van der Waals surface area contributed by atoms with Gasteiger partial charge in [-0.3, -0.25) is 0 Å². The molecule has 0 spiro atoms. The molecule has 21 heavy (non-hydrogen) atoms. The summed E-state index contributed by atoms with van der Waals surface area (Å²) in [5.74, 6) is -0.634. The number of halogens is 4. The lowest BCUT2D eigenvalue weighted by molar-refractivity contribution is -0.137. The van der Waals surface area contributed by atoms with E-state index in [9.17, 15) is 18.0 Å². The minimum absolute atomic E-state index is 0.100. The van der Waals surface area contributed by atoms with Crippen molar-refractivity contribution in [3.05, 3.63) is 35.4 Å². The Morgan fingerprint density at radius 2 is 1.57 bits per heavy atom. The number of hydrogen-bond acceptors (Lipinski definition) is 2. The molecular weight excluding hydrogens is 349 g/mol. The van der Waals surface area contributed by atoms with E-state index in [0.29, 0.717) is 6.42 Å². The van der Waals surface area contributed by atoms with Gasteiger partial charge in [-0.1, -0.05) is 15.9 Å². The molecule has 0 bridgehead atoms. The van der Waals surface area contributed by atoms with E-state index < -0.39 is 23.3 Å². The van der Waals surface area contributed by atoms with Crippen LogP contribution in [0.15, 0.2) is 24.3 Å². The lowest BCUT2D eigenvalue weighted by Gasteiger charge is -2.31. The van der Waals surface area contributed by atoms with Crippen molar-refractivity contribution in [3.63, 3.8) is 0 Å². The number of rotatable bonds is 4. The molecule has 0 atom stereocenters. The van der Waals surface area contributed by atoms with Crippen LogP contribution in [0.3, 0.4) is 0 Å². The van der Waals surface area contributed by atoms with E-state index in [2.05, 4.69) is 15.9 Å². The molecule has 0 fully saturated rings.